The number of benzene rings is 1. The van der Waals surface area contributed by atoms with Crippen LogP contribution in [0.3, 0.4) is 0 Å². The Hall–Kier alpha value is -2.46. The molecule has 182 valence electrons. The maximum Gasteiger partial charge on any atom is 0.407 e. The van der Waals surface area contributed by atoms with Crippen molar-refractivity contribution in [1.29, 1.82) is 0 Å². The van der Waals surface area contributed by atoms with E-state index >= 15 is 0 Å². The van der Waals surface area contributed by atoms with Gasteiger partial charge in [-0.15, -0.1) is 11.3 Å². The highest BCUT2D eigenvalue weighted by molar-refractivity contribution is 7.92. The summed E-state index contributed by atoms with van der Waals surface area (Å²) in [5.74, 6) is -0.0734. The predicted octanol–water partition coefficient (Wildman–Crippen LogP) is 4.13. The van der Waals surface area contributed by atoms with E-state index < -0.39 is 22.2 Å². The van der Waals surface area contributed by atoms with Crippen molar-refractivity contribution < 1.29 is 22.7 Å². The summed E-state index contributed by atoms with van der Waals surface area (Å²) in [6.07, 6.45) is 2.89. The molecule has 0 aliphatic carbocycles. The van der Waals surface area contributed by atoms with Gasteiger partial charge in [0.1, 0.15) is 0 Å². The lowest BCUT2D eigenvalue weighted by atomic mass is 9.90. The molecule has 10 heteroatoms. The average molecular weight is 496 g/mol. The minimum Gasteiger partial charge on any atom is -0.453 e. The molecule has 2 atom stereocenters. The second kappa shape index (κ2) is 12.1. The quantitative estimate of drug-likeness (QED) is 0.457. The van der Waals surface area contributed by atoms with Crippen LogP contribution in [-0.2, 0) is 32.4 Å². The molecule has 1 heterocycles. The van der Waals surface area contributed by atoms with Gasteiger partial charge >= 0.3 is 6.09 Å². The van der Waals surface area contributed by atoms with Crippen molar-refractivity contribution in [3.8, 4) is 0 Å². The number of carbonyl (C=O) groups excluding carboxylic acids is 2. The maximum atomic E-state index is 12.9. The van der Waals surface area contributed by atoms with E-state index in [0.717, 1.165) is 28.9 Å². The monoisotopic (exact) mass is 495 g/mol. The number of aromatic nitrogens is 1. The molecule has 1 aromatic carbocycles. The smallest absolute Gasteiger partial charge is 0.407 e. The molecule has 8 nitrogen and oxygen atoms in total. The number of rotatable bonds is 12. The summed E-state index contributed by atoms with van der Waals surface area (Å²) in [5, 5.41) is 5.65. The van der Waals surface area contributed by atoms with Gasteiger partial charge in [0, 0.05) is 23.4 Å². The van der Waals surface area contributed by atoms with E-state index in [1.54, 1.807) is 23.5 Å². The molecule has 0 saturated carbocycles. The summed E-state index contributed by atoms with van der Waals surface area (Å²) in [4.78, 5) is 29.3. The number of anilines is 1. The second-order valence-electron chi connectivity index (χ2n) is 8.37. The Morgan fingerprint density at radius 2 is 1.85 bits per heavy atom. The highest BCUT2D eigenvalue weighted by atomic mass is 32.2. The van der Waals surface area contributed by atoms with E-state index in [2.05, 4.69) is 21.7 Å². The third-order valence-electron chi connectivity index (χ3n) is 5.23. The fraction of sp³-hybridized carbons (Fsp3) is 0.522. The van der Waals surface area contributed by atoms with E-state index in [0.29, 0.717) is 24.9 Å². The summed E-state index contributed by atoms with van der Waals surface area (Å²) >= 11 is 1.59. The first-order valence-corrected chi connectivity index (χ1v) is 13.7. The van der Waals surface area contributed by atoms with Gasteiger partial charge in [-0.05, 0) is 42.9 Å². The van der Waals surface area contributed by atoms with Crippen molar-refractivity contribution in [3.63, 3.8) is 0 Å². The number of hydrogen-bond acceptors (Lipinski definition) is 7. The number of amides is 1. The summed E-state index contributed by atoms with van der Waals surface area (Å²) in [5.41, 5.74) is 2.54. The maximum absolute atomic E-state index is 12.9. The molecule has 0 spiro atoms. The van der Waals surface area contributed by atoms with Crippen LogP contribution in [0.4, 0.5) is 10.5 Å². The predicted molar refractivity (Wildman–Crippen MR) is 131 cm³/mol. The third-order valence-corrected chi connectivity index (χ3v) is 6.89. The Morgan fingerprint density at radius 1 is 1.18 bits per heavy atom. The van der Waals surface area contributed by atoms with E-state index in [-0.39, 0.29) is 17.6 Å². The summed E-state index contributed by atoms with van der Waals surface area (Å²) in [6.45, 7) is 5.82. The SMILES string of the molecule is CCc1csc(C(CCC(=O)C(NC(=O)OC)C(C)C)Cc2ccc(NS(C)(=O)=O)cc2)n1. The topological polar surface area (TPSA) is 114 Å². The number of thiazole rings is 1. The molecule has 1 amide bonds. The van der Waals surface area contributed by atoms with Crippen LogP contribution < -0.4 is 10.0 Å². The molecule has 0 aliphatic rings. The van der Waals surface area contributed by atoms with Crippen LogP contribution >= 0.6 is 11.3 Å². The number of hydrogen-bond donors (Lipinski definition) is 2. The first-order chi connectivity index (χ1) is 15.5. The zero-order valence-electron chi connectivity index (χ0n) is 19.8. The van der Waals surface area contributed by atoms with E-state index in [4.69, 9.17) is 4.98 Å². The van der Waals surface area contributed by atoms with Crippen LogP contribution in [-0.4, -0.2) is 44.7 Å². The number of alkyl carbamates (subject to hydrolysis) is 1. The van der Waals surface area contributed by atoms with Crippen molar-refractivity contribution in [1.82, 2.24) is 10.3 Å². The Balaban J connectivity index is 2.16. The fourth-order valence-electron chi connectivity index (χ4n) is 3.47. The number of nitrogens with zero attached hydrogens (tertiary/aromatic N) is 1. The molecule has 1 aromatic heterocycles. The molecule has 0 aliphatic heterocycles. The van der Waals surface area contributed by atoms with Crippen molar-refractivity contribution in [2.75, 3.05) is 18.1 Å². The molecule has 33 heavy (non-hydrogen) atoms. The largest absolute Gasteiger partial charge is 0.453 e. The van der Waals surface area contributed by atoms with Gasteiger partial charge in [-0.3, -0.25) is 9.52 Å². The Bertz CT molecular complexity index is 1030. The fourth-order valence-corrected chi connectivity index (χ4v) is 5.07. The molecule has 2 N–H and O–H groups in total. The average Bonchev–Trinajstić information content (AvgIpc) is 3.23. The van der Waals surface area contributed by atoms with Gasteiger partial charge in [-0.1, -0.05) is 32.9 Å². The summed E-state index contributed by atoms with van der Waals surface area (Å²) in [7, 11) is -2.06. The molecule has 0 bridgehead atoms. The number of Topliss-reactive ketones (excluding diaryl/α,β-unsaturated/α-hetero) is 1. The highest BCUT2D eigenvalue weighted by Crippen LogP contribution is 2.30. The zero-order valence-corrected chi connectivity index (χ0v) is 21.4. The second-order valence-corrected chi connectivity index (χ2v) is 11.0. The lowest BCUT2D eigenvalue weighted by Gasteiger charge is -2.22. The van der Waals surface area contributed by atoms with Gasteiger partial charge in [-0.2, -0.15) is 0 Å². The van der Waals surface area contributed by atoms with Gasteiger partial charge in [0.15, 0.2) is 5.78 Å². The van der Waals surface area contributed by atoms with Crippen molar-refractivity contribution in [3.05, 3.63) is 45.9 Å². The van der Waals surface area contributed by atoms with Crippen molar-refractivity contribution in [2.24, 2.45) is 5.92 Å². The zero-order chi connectivity index (χ0) is 24.6. The molecular weight excluding hydrogens is 462 g/mol. The molecule has 2 aromatic rings. The molecule has 0 radical (unpaired) electrons. The lowest BCUT2D eigenvalue weighted by molar-refractivity contribution is -0.122. The van der Waals surface area contributed by atoms with Gasteiger partial charge in [0.25, 0.3) is 0 Å². The molecule has 0 fully saturated rings. The molecule has 0 saturated heterocycles. The first-order valence-electron chi connectivity index (χ1n) is 10.9. The van der Waals surface area contributed by atoms with Crippen LogP contribution in [0.1, 0.15) is 55.8 Å². The minimum atomic E-state index is -3.34. The summed E-state index contributed by atoms with van der Waals surface area (Å²) in [6, 6.07) is 6.61. The molecule has 2 unspecified atom stereocenters. The van der Waals surface area contributed by atoms with Crippen molar-refractivity contribution in [2.45, 2.75) is 58.4 Å². The molecule has 2 rings (SSSR count). The number of carbonyl (C=O) groups is 2. The highest BCUT2D eigenvalue weighted by Gasteiger charge is 2.26. The van der Waals surface area contributed by atoms with Crippen molar-refractivity contribution >= 4 is 38.9 Å². The third kappa shape index (κ3) is 8.77. The lowest BCUT2D eigenvalue weighted by Crippen LogP contribution is -2.44. The number of methoxy groups -OCH3 is 1. The Kier molecular flexibility index (Phi) is 9.85. The Labute approximate surface area is 200 Å². The van der Waals surface area contributed by atoms with Gasteiger partial charge in [0.05, 0.1) is 30.1 Å². The van der Waals surface area contributed by atoms with Crippen LogP contribution in [0, 0.1) is 5.92 Å². The minimum absolute atomic E-state index is 0.0268. The van der Waals surface area contributed by atoms with E-state index in [9.17, 15) is 18.0 Å². The first kappa shape index (κ1) is 26.8. The van der Waals surface area contributed by atoms with Gasteiger partial charge < -0.3 is 10.1 Å². The van der Waals surface area contributed by atoms with Crippen LogP contribution in [0.15, 0.2) is 29.6 Å². The van der Waals surface area contributed by atoms with E-state index in [1.807, 2.05) is 31.4 Å². The number of nitrogens with one attached hydrogen (secondary N) is 2. The number of aryl methyl sites for hydroxylation is 1. The van der Waals surface area contributed by atoms with E-state index in [1.165, 1.54) is 7.11 Å². The summed E-state index contributed by atoms with van der Waals surface area (Å²) < 4.78 is 30.0. The van der Waals surface area contributed by atoms with Crippen LogP contribution in [0.25, 0.3) is 0 Å². The van der Waals surface area contributed by atoms with Gasteiger partial charge in [0.2, 0.25) is 10.0 Å². The standard InChI is InChI=1S/C23H33N3O5S2/c1-6-18-14-32-22(24-18)17(9-12-20(27)21(15(2)3)25-23(28)31-4)13-16-7-10-19(11-8-16)26-33(5,29)30/h7-8,10-11,14-15,17,21,26H,6,9,12-13H2,1-5H3,(H,25,28). The van der Waals surface area contributed by atoms with Crippen LogP contribution in [0.2, 0.25) is 0 Å². The Morgan fingerprint density at radius 3 is 2.36 bits per heavy atom. The molecular formula is C23H33N3O5S2. The number of sulfonamides is 1. The number of ketones is 1. The number of ether oxygens (including phenoxy) is 1. The van der Waals surface area contributed by atoms with Gasteiger partial charge in [-0.25, -0.2) is 18.2 Å². The van der Waals surface area contributed by atoms with Crippen LogP contribution in [0.5, 0.6) is 0 Å². The normalized spacial score (nSPS) is 13.4.